The molecule has 14 heteroatoms. The fraction of sp³-hybridized carbons (Fsp3) is 0.278. The van der Waals surface area contributed by atoms with E-state index in [2.05, 4.69) is 64.7 Å². The van der Waals surface area contributed by atoms with Gasteiger partial charge in [-0.1, -0.05) is 15.9 Å². The minimum Gasteiger partial charge on any atom is -0.395 e. The zero-order chi connectivity index (χ0) is 36.2. The van der Waals surface area contributed by atoms with E-state index in [1.807, 2.05) is 31.2 Å². The number of amides is 2. The molecule has 266 valence electrons. The molecule has 4 aromatic rings. The van der Waals surface area contributed by atoms with Crippen LogP contribution >= 0.6 is 38.5 Å². The van der Waals surface area contributed by atoms with Crippen molar-refractivity contribution in [3.63, 3.8) is 0 Å². The van der Waals surface area contributed by atoms with Crippen molar-refractivity contribution in [2.75, 3.05) is 63.2 Å². The molecule has 5 N–H and O–H groups in total. The average molecular weight is 869 g/mol. The lowest BCUT2D eigenvalue weighted by Gasteiger charge is -2.26. The number of benzene rings is 4. The van der Waals surface area contributed by atoms with Gasteiger partial charge in [-0.2, -0.15) is 0 Å². The Morgan fingerprint density at radius 1 is 0.820 bits per heavy atom. The highest BCUT2D eigenvalue weighted by Gasteiger charge is 2.20. The second-order valence-corrected chi connectivity index (χ2v) is 13.5. The smallest absolute Gasteiger partial charge is 0.253 e. The summed E-state index contributed by atoms with van der Waals surface area (Å²) in [4.78, 5) is 26.9. The lowest BCUT2D eigenvalue weighted by Crippen LogP contribution is -2.41. The zero-order valence-corrected chi connectivity index (χ0v) is 31.3. The van der Waals surface area contributed by atoms with Crippen molar-refractivity contribution in [1.29, 1.82) is 0 Å². The molecule has 50 heavy (non-hydrogen) atoms. The van der Waals surface area contributed by atoms with Crippen LogP contribution < -0.4 is 21.3 Å². The van der Waals surface area contributed by atoms with Crippen LogP contribution in [0.15, 0.2) is 71.2 Å². The van der Waals surface area contributed by atoms with Crippen molar-refractivity contribution >= 4 is 73.1 Å². The number of anilines is 4. The first-order valence-electron chi connectivity index (χ1n) is 15.8. The van der Waals surface area contributed by atoms with Crippen LogP contribution in [-0.4, -0.2) is 74.4 Å². The second kappa shape index (κ2) is 19.1. The molecule has 1 fully saturated rings. The first kappa shape index (κ1) is 39.1. The van der Waals surface area contributed by atoms with Gasteiger partial charge < -0.3 is 31.1 Å². The highest BCUT2D eigenvalue weighted by atomic mass is 127. The predicted octanol–water partition coefficient (Wildman–Crippen LogP) is 7.05. The number of carbonyl (C=O) groups is 2. The quantitative estimate of drug-likeness (QED) is 0.103. The first-order valence-corrected chi connectivity index (χ1v) is 17.6. The van der Waals surface area contributed by atoms with Gasteiger partial charge in [0.25, 0.3) is 11.8 Å². The molecule has 0 aromatic heterocycles. The molecule has 0 atom stereocenters. The number of morpholine rings is 1. The molecule has 0 aliphatic carbocycles. The molecule has 0 spiro atoms. The van der Waals surface area contributed by atoms with Gasteiger partial charge >= 0.3 is 0 Å². The Bertz CT molecular complexity index is 1810. The maximum Gasteiger partial charge on any atom is 0.253 e. The summed E-state index contributed by atoms with van der Waals surface area (Å²) in [6.07, 6.45) is 0. The molecular weight excluding hydrogens is 830 g/mol. The average Bonchev–Trinajstić information content (AvgIpc) is 3.09. The predicted molar refractivity (Wildman–Crippen MR) is 201 cm³/mol. The van der Waals surface area contributed by atoms with E-state index in [0.717, 1.165) is 63.8 Å². The topological polar surface area (TPSA) is 115 Å². The van der Waals surface area contributed by atoms with Gasteiger partial charge in [-0.3, -0.25) is 14.5 Å². The number of aliphatic hydroxyl groups excluding tert-OH is 1. The standard InChI is InChI=1S/C20H23FIN3O2.C16H15BrF2N2O2/c1-14-12-16(22)3-5-18(14)24-19-13-15(21)2-4-17(19)20(26)23-6-7-25-8-10-27-11-9-25;1-9-8-10(17)2-5-13(9)21-15-11(16(23)20-6-7-22)3-4-12(18)14(15)19/h2-5,12-13,24H,6-11H2,1H3,(H,23,26);2-5,8,21-22H,6-7H2,1H3,(H,20,23). The third-order valence-corrected chi connectivity index (χ3v) is 8.85. The van der Waals surface area contributed by atoms with Gasteiger partial charge in [-0.05, 0) is 114 Å². The molecule has 1 saturated heterocycles. The summed E-state index contributed by atoms with van der Waals surface area (Å²) in [6, 6.07) is 17.5. The lowest BCUT2D eigenvalue weighted by molar-refractivity contribution is 0.0383. The van der Waals surface area contributed by atoms with Crippen LogP contribution in [0.25, 0.3) is 0 Å². The van der Waals surface area contributed by atoms with Crippen LogP contribution in [-0.2, 0) is 4.74 Å². The Kier molecular flexibility index (Phi) is 14.9. The van der Waals surface area contributed by atoms with Crippen molar-refractivity contribution in [3.05, 3.63) is 114 Å². The van der Waals surface area contributed by atoms with Gasteiger partial charge in [0.15, 0.2) is 11.6 Å². The second-order valence-electron chi connectivity index (χ2n) is 11.3. The monoisotopic (exact) mass is 867 g/mol. The number of nitrogens with zero attached hydrogens (tertiary/aromatic N) is 1. The Balaban J connectivity index is 0.000000228. The van der Waals surface area contributed by atoms with Crippen LogP contribution in [0.5, 0.6) is 0 Å². The summed E-state index contributed by atoms with van der Waals surface area (Å²) in [5.41, 5.74) is 3.83. The van der Waals surface area contributed by atoms with E-state index in [1.54, 1.807) is 19.1 Å². The SMILES string of the molecule is Cc1cc(Br)ccc1Nc1c(C(=O)NCCO)ccc(F)c1F.Cc1cc(I)ccc1Nc1cc(F)ccc1C(=O)NCCN1CCOCC1. The largest absolute Gasteiger partial charge is 0.395 e. The summed E-state index contributed by atoms with van der Waals surface area (Å²) >= 11 is 5.57. The molecule has 0 saturated carbocycles. The van der Waals surface area contributed by atoms with Gasteiger partial charge in [0.05, 0.1) is 42.3 Å². The fourth-order valence-electron chi connectivity index (χ4n) is 5.01. The number of aliphatic hydroxyl groups is 1. The Labute approximate surface area is 311 Å². The molecule has 1 heterocycles. The summed E-state index contributed by atoms with van der Waals surface area (Å²) in [5, 5.41) is 20.1. The van der Waals surface area contributed by atoms with E-state index in [-0.39, 0.29) is 36.1 Å². The first-order chi connectivity index (χ1) is 24.0. The fourth-order valence-corrected chi connectivity index (χ4v) is 6.13. The zero-order valence-electron chi connectivity index (χ0n) is 27.5. The highest BCUT2D eigenvalue weighted by Crippen LogP contribution is 2.30. The van der Waals surface area contributed by atoms with Crippen molar-refractivity contribution < 1.29 is 32.6 Å². The van der Waals surface area contributed by atoms with Crippen LogP contribution in [0.3, 0.4) is 0 Å². The van der Waals surface area contributed by atoms with Crippen LogP contribution in [0.4, 0.5) is 35.9 Å². The normalized spacial score (nSPS) is 12.8. The van der Waals surface area contributed by atoms with Crippen LogP contribution in [0, 0.1) is 34.9 Å². The molecule has 0 bridgehead atoms. The van der Waals surface area contributed by atoms with Gasteiger partial charge in [0.2, 0.25) is 0 Å². The molecule has 0 unspecified atom stereocenters. The van der Waals surface area contributed by atoms with Gasteiger partial charge in [0, 0.05) is 52.1 Å². The molecule has 1 aliphatic rings. The number of nitrogens with one attached hydrogen (secondary N) is 4. The summed E-state index contributed by atoms with van der Waals surface area (Å²) in [6.45, 7) is 8.09. The minimum atomic E-state index is -1.14. The third kappa shape index (κ3) is 11.2. The van der Waals surface area contributed by atoms with Crippen LogP contribution in [0.2, 0.25) is 0 Å². The number of carbonyl (C=O) groups excluding carboxylic acids is 2. The number of aryl methyl sites for hydroxylation is 2. The van der Waals surface area contributed by atoms with E-state index in [4.69, 9.17) is 9.84 Å². The number of hydrogen-bond donors (Lipinski definition) is 5. The van der Waals surface area contributed by atoms with Crippen molar-refractivity contribution in [1.82, 2.24) is 15.5 Å². The summed E-state index contributed by atoms with van der Waals surface area (Å²) < 4.78 is 48.8. The number of hydrogen-bond acceptors (Lipinski definition) is 7. The molecular formula is C36H38BrF3IN5O4. The van der Waals surface area contributed by atoms with Gasteiger partial charge in [-0.15, -0.1) is 0 Å². The summed E-state index contributed by atoms with van der Waals surface area (Å²) in [7, 11) is 0. The maximum absolute atomic E-state index is 14.2. The van der Waals surface area contributed by atoms with Crippen molar-refractivity contribution in [2.45, 2.75) is 13.8 Å². The van der Waals surface area contributed by atoms with Crippen LogP contribution in [0.1, 0.15) is 31.8 Å². The van der Waals surface area contributed by atoms with Crippen molar-refractivity contribution in [2.24, 2.45) is 0 Å². The molecule has 5 rings (SSSR count). The molecule has 4 aromatic carbocycles. The minimum absolute atomic E-state index is 0.0224. The maximum atomic E-state index is 14.2. The molecule has 0 radical (unpaired) electrons. The number of halogens is 5. The van der Waals surface area contributed by atoms with E-state index in [0.29, 0.717) is 23.5 Å². The van der Waals surface area contributed by atoms with Gasteiger partial charge in [-0.25, -0.2) is 13.2 Å². The highest BCUT2D eigenvalue weighted by molar-refractivity contribution is 14.1. The molecule has 2 amide bonds. The van der Waals surface area contributed by atoms with E-state index >= 15 is 0 Å². The Morgan fingerprint density at radius 2 is 1.46 bits per heavy atom. The van der Waals surface area contributed by atoms with Crippen molar-refractivity contribution in [3.8, 4) is 0 Å². The Hall–Kier alpha value is -3.70. The summed E-state index contributed by atoms with van der Waals surface area (Å²) in [5.74, 6) is -3.39. The van der Waals surface area contributed by atoms with E-state index in [1.165, 1.54) is 24.3 Å². The van der Waals surface area contributed by atoms with Gasteiger partial charge in [0.1, 0.15) is 5.82 Å². The number of ether oxygens (including phenoxy) is 1. The van der Waals surface area contributed by atoms with E-state index in [9.17, 15) is 22.8 Å². The van der Waals surface area contributed by atoms with E-state index < -0.39 is 17.5 Å². The third-order valence-electron chi connectivity index (χ3n) is 7.69. The number of rotatable bonds is 11. The Morgan fingerprint density at radius 3 is 2.16 bits per heavy atom. The molecule has 1 aliphatic heterocycles. The molecule has 9 nitrogen and oxygen atoms in total. The lowest BCUT2D eigenvalue weighted by atomic mass is 10.1.